The molecule has 2 aromatic rings. The Bertz CT molecular complexity index is 771. The summed E-state index contributed by atoms with van der Waals surface area (Å²) in [6.45, 7) is 5.47. The van der Waals surface area contributed by atoms with Gasteiger partial charge in [-0.25, -0.2) is 4.79 Å². The molecule has 0 aliphatic heterocycles. The number of nitrogens with one attached hydrogen (secondary N) is 1. The van der Waals surface area contributed by atoms with Crippen molar-refractivity contribution in [2.24, 2.45) is 5.73 Å². The lowest BCUT2D eigenvalue weighted by Gasteiger charge is -2.23. The van der Waals surface area contributed by atoms with Crippen LogP contribution < -0.4 is 11.1 Å². The number of benzene rings is 2. The zero-order valence-electron chi connectivity index (χ0n) is 15.5. The number of rotatable bonds is 7. The Labute approximate surface area is 158 Å². The van der Waals surface area contributed by atoms with Crippen LogP contribution in [0.5, 0.6) is 0 Å². The summed E-state index contributed by atoms with van der Waals surface area (Å²) in [5.74, 6) is -0.336. The summed E-state index contributed by atoms with van der Waals surface area (Å²) >= 11 is 1.55. The summed E-state index contributed by atoms with van der Waals surface area (Å²) in [5, 5.41) is 5.00. The first-order valence-electron chi connectivity index (χ1n) is 8.66. The van der Waals surface area contributed by atoms with Crippen molar-refractivity contribution in [3.63, 3.8) is 0 Å². The second-order valence-corrected chi connectivity index (χ2v) is 8.40. The van der Waals surface area contributed by atoms with Gasteiger partial charge in [0.15, 0.2) is 0 Å². The van der Waals surface area contributed by atoms with Crippen LogP contribution in [0.3, 0.4) is 0 Å². The van der Waals surface area contributed by atoms with Crippen molar-refractivity contribution in [2.75, 3.05) is 0 Å². The largest absolute Gasteiger partial charge is 0.444 e. The van der Waals surface area contributed by atoms with E-state index >= 15 is 0 Å². The monoisotopic (exact) mass is 374 g/mol. The maximum atomic E-state index is 12.1. The van der Waals surface area contributed by atoms with E-state index in [1.165, 1.54) is 5.39 Å². The highest BCUT2D eigenvalue weighted by Crippen LogP contribution is 2.28. The average molecular weight is 375 g/mol. The molecule has 0 fully saturated rings. The number of amides is 2. The lowest BCUT2D eigenvalue weighted by Crippen LogP contribution is -2.37. The summed E-state index contributed by atoms with van der Waals surface area (Å²) in [5.41, 5.74) is 4.66. The number of primary amides is 1. The van der Waals surface area contributed by atoms with Gasteiger partial charge in [-0.2, -0.15) is 0 Å². The Morgan fingerprint density at radius 3 is 2.50 bits per heavy atom. The minimum Gasteiger partial charge on any atom is -0.444 e. The molecule has 0 saturated carbocycles. The molecule has 0 bridgehead atoms. The van der Waals surface area contributed by atoms with E-state index < -0.39 is 11.7 Å². The van der Waals surface area contributed by atoms with Crippen molar-refractivity contribution in [2.45, 2.75) is 55.9 Å². The third-order valence-electron chi connectivity index (χ3n) is 3.57. The van der Waals surface area contributed by atoms with Gasteiger partial charge in [-0.1, -0.05) is 30.3 Å². The molecule has 140 valence electrons. The van der Waals surface area contributed by atoms with Gasteiger partial charge in [-0.05, 0) is 56.5 Å². The summed E-state index contributed by atoms with van der Waals surface area (Å²) < 4.78 is 5.35. The van der Waals surface area contributed by atoms with Crippen molar-refractivity contribution < 1.29 is 14.3 Å². The number of alkyl carbamates (subject to hydrolysis) is 1. The number of thioether (sulfide) groups is 1. The summed E-state index contributed by atoms with van der Waals surface area (Å²) in [4.78, 5) is 24.2. The highest BCUT2D eigenvalue weighted by Gasteiger charge is 2.20. The highest BCUT2D eigenvalue weighted by molar-refractivity contribution is 8.00. The molecule has 0 aliphatic carbocycles. The Hall–Kier alpha value is -2.21. The number of carbonyl (C=O) groups excluding carboxylic acids is 2. The van der Waals surface area contributed by atoms with Gasteiger partial charge in [-0.15, -0.1) is 11.8 Å². The van der Waals surface area contributed by atoms with E-state index in [0.717, 1.165) is 10.3 Å². The second-order valence-electron chi connectivity index (χ2n) is 7.12. The molecule has 0 heterocycles. The van der Waals surface area contributed by atoms with E-state index in [1.54, 1.807) is 11.8 Å². The van der Waals surface area contributed by atoms with Crippen LogP contribution in [0, 0.1) is 0 Å². The van der Waals surface area contributed by atoms with Gasteiger partial charge < -0.3 is 15.8 Å². The van der Waals surface area contributed by atoms with Gasteiger partial charge >= 0.3 is 6.09 Å². The molecule has 0 aromatic heterocycles. The van der Waals surface area contributed by atoms with Crippen molar-refractivity contribution >= 4 is 34.5 Å². The van der Waals surface area contributed by atoms with Crippen molar-refractivity contribution in [3.8, 4) is 0 Å². The van der Waals surface area contributed by atoms with Crippen molar-refractivity contribution in [1.82, 2.24) is 5.32 Å². The first-order valence-corrected chi connectivity index (χ1v) is 9.54. The SMILES string of the molecule is CC(C)(C)OC(=O)N[C@H](CCCC(N)=O)Sc1ccc2ccccc2c1. The zero-order valence-corrected chi connectivity index (χ0v) is 16.3. The number of ether oxygens (including phenoxy) is 1. The summed E-state index contributed by atoms with van der Waals surface area (Å²) in [6.07, 6.45) is 1.07. The third-order valence-corrected chi connectivity index (χ3v) is 4.73. The minimum absolute atomic E-state index is 0.203. The van der Waals surface area contributed by atoms with Crippen molar-refractivity contribution in [3.05, 3.63) is 42.5 Å². The molecule has 0 unspecified atom stereocenters. The molecular formula is C20H26N2O3S. The lowest BCUT2D eigenvalue weighted by atomic mass is 10.1. The third kappa shape index (κ3) is 6.96. The van der Waals surface area contributed by atoms with Gasteiger partial charge in [0.2, 0.25) is 5.91 Å². The quantitative estimate of drug-likeness (QED) is 0.554. The fourth-order valence-electron chi connectivity index (χ4n) is 2.47. The van der Waals surface area contributed by atoms with Crippen LogP contribution in [0.4, 0.5) is 4.79 Å². The van der Waals surface area contributed by atoms with Gasteiger partial charge in [0.05, 0.1) is 5.37 Å². The Morgan fingerprint density at radius 1 is 1.15 bits per heavy atom. The second kappa shape index (κ2) is 8.94. The number of hydrogen-bond donors (Lipinski definition) is 2. The van der Waals surface area contributed by atoms with Gasteiger partial charge in [-0.3, -0.25) is 4.79 Å². The van der Waals surface area contributed by atoms with E-state index in [-0.39, 0.29) is 11.3 Å². The van der Waals surface area contributed by atoms with Gasteiger partial charge in [0.25, 0.3) is 0 Å². The molecule has 3 N–H and O–H groups in total. The number of hydrogen-bond acceptors (Lipinski definition) is 4. The topological polar surface area (TPSA) is 81.4 Å². The van der Waals surface area contributed by atoms with Crippen molar-refractivity contribution in [1.29, 1.82) is 0 Å². The highest BCUT2D eigenvalue weighted by atomic mass is 32.2. The van der Waals surface area contributed by atoms with Crippen LogP contribution in [-0.2, 0) is 9.53 Å². The maximum absolute atomic E-state index is 12.1. The van der Waals surface area contributed by atoms with Crippen LogP contribution in [0.25, 0.3) is 10.8 Å². The molecule has 5 nitrogen and oxygen atoms in total. The normalized spacial score (nSPS) is 12.6. The standard InChI is InChI=1S/C20H26N2O3S/c1-20(2,3)25-19(24)22-18(10-6-9-17(21)23)26-16-12-11-14-7-4-5-8-15(14)13-16/h4-5,7-8,11-13,18H,6,9-10H2,1-3H3,(H2,21,23)(H,22,24)/t18-/m0/s1. The van der Waals surface area contributed by atoms with Gasteiger partial charge in [0.1, 0.15) is 5.60 Å². The van der Waals surface area contributed by atoms with E-state index in [9.17, 15) is 9.59 Å². The Kier molecular flexibility index (Phi) is 6.91. The number of carbonyl (C=O) groups is 2. The smallest absolute Gasteiger partial charge is 0.408 e. The van der Waals surface area contributed by atoms with Crippen LogP contribution in [0.15, 0.2) is 47.4 Å². The molecule has 0 saturated heterocycles. The number of fused-ring (bicyclic) bond motifs is 1. The number of nitrogens with two attached hydrogens (primary N) is 1. The molecule has 0 aliphatic rings. The van der Waals surface area contributed by atoms with Crippen LogP contribution in [0.2, 0.25) is 0 Å². The first kappa shape index (κ1) is 20.1. The molecule has 6 heteroatoms. The van der Waals surface area contributed by atoms with E-state index in [4.69, 9.17) is 10.5 Å². The predicted octanol–water partition coefficient (Wildman–Crippen LogP) is 4.44. The Balaban J connectivity index is 2.07. The summed E-state index contributed by atoms with van der Waals surface area (Å²) in [6, 6.07) is 14.3. The molecule has 2 rings (SSSR count). The van der Waals surface area contributed by atoms with E-state index in [0.29, 0.717) is 19.3 Å². The molecule has 1 atom stereocenters. The van der Waals surface area contributed by atoms with Crippen LogP contribution >= 0.6 is 11.8 Å². The maximum Gasteiger partial charge on any atom is 0.408 e. The van der Waals surface area contributed by atoms with Crippen LogP contribution in [0.1, 0.15) is 40.0 Å². The lowest BCUT2D eigenvalue weighted by molar-refractivity contribution is -0.118. The first-order chi connectivity index (χ1) is 12.2. The van der Waals surface area contributed by atoms with Gasteiger partial charge in [0, 0.05) is 11.3 Å². The molecule has 26 heavy (non-hydrogen) atoms. The fourth-order valence-corrected chi connectivity index (χ4v) is 3.58. The van der Waals surface area contributed by atoms with E-state index in [2.05, 4.69) is 29.6 Å². The van der Waals surface area contributed by atoms with Crippen LogP contribution in [-0.4, -0.2) is 23.0 Å². The molecular weight excluding hydrogens is 348 g/mol. The minimum atomic E-state index is -0.560. The molecule has 0 spiro atoms. The van der Waals surface area contributed by atoms with E-state index in [1.807, 2.05) is 39.0 Å². The summed E-state index contributed by atoms with van der Waals surface area (Å²) in [7, 11) is 0. The zero-order chi connectivity index (χ0) is 19.2. The molecule has 2 amide bonds. The molecule has 0 radical (unpaired) electrons. The average Bonchev–Trinajstić information content (AvgIpc) is 2.52. The Morgan fingerprint density at radius 2 is 1.85 bits per heavy atom. The fraction of sp³-hybridized carbons (Fsp3) is 0.400. The molecule has 2 aromatic carbocycles. The predicted molar refractivity (Wildman–Crippen MR) is 106 cm³/mol.